The fourth-order valence-corrected chi connectivity index (χ4v) is 4.54. The van der Waals surface area contributed by atoms with E-state index in [9.17, 15) is 19.2 Å². The molecule has 3 aromatic heterocycles. The second kappa shape index (κ2) is 24.7. The molecule has 3 heterocycles. The SMILES string of the molecule is C=C(C)C(=O)OC(C)NC(=O)Oc1cc[c-]c(-c2ccccn2)c1.CCC(=O)Oc1cc[c-]c(-c2ccccn2)c1.CCC(=O)Oc1cc[c-]c(-c2ccccn2)c1.[Ir+3]. The Labute approximate surface area is 357 Å². The standard InChI is InChI=1S/C18H17N2O4.2C14H12NO2.Ir/c1-12(2)17(21)23-13(3)20-18(22)24-15-8-6-7-14(11-15)16-9-4-5-10-19-16;2*1-2-14(16)17-12-7-5-6-11(10-12)13-8-3-4-9-15-13;/h4-6,8-11,13H,1H2,2-3H3,(H,20,22);2*3-5,7-10H,2H2,1H3;/q3*-1;+3. The van der Waals surface area contributed by atoms with Crippen molar-refractivity contribution in [3.63, 3.8) is 0 Å². The van der Waals surface area contributed by atoms with E-state index in [0.29, 0.717) is 41.3 Å². The van der Waals surface area contributed by atoms with Gasteiger partial charge in [0.05, 0.1) is 17.2 Å². The maximum absolute atomic E-state index is 11.8. The fraction of sp³-hybridized carbons (Fsp3) is 0.152. The largest absolute Gasteiger partial charge is 3.00 e. The van der Waals surface area contributed by atoms with Crippen LogP contribution in [0.4, 0.5) is 4.79 Å². The van der Waals surface area contributed by atoms with Gasteiger partial charge in [-0.3, -0.25) is 14.9 Å². The molecule has 59 heavy (non-hydrogen) atoms. The zero-order valence-corrected chi connectivity index (χ0v) is 35.2. The average molecular weight is 970 g/mol. The third-order valence-electron chi connectivity index (χ3n) is 7.35. The molecule has 1 unspecified atom stereocenters. The minimum atomic E-state index is -0.841. The topological polar surface area (TPSA) is 156 Å². The molecule has 1 atom stereocenters. The number of benzene rings is 3. The van der Waals surface area contributed by atoms with Gasteiger partial charge in [0.1, 0.15) is 0 Å². The van der Waals surface area contributed by atoms with Crippen LogP contribution in [0.2, 0.25) is 0 Å². The molecule has 302 valence electrons. The normalized spacial score (nSPS) is 10.3. The second-order valence-corrected chi connectivity index (χ2v) is 12.0. The van der Waals surface area contributed by atoms with Gasteiger partial charge in [0.25, 0.3) is 0 Å². The molecular weight excluding hydrogens is 929 g/mol. The Hall–Kier alpha value is -6.82. The number of hydrogen-bond acceptors (Lipinski definition) is 11. The van der Waals surface area contributed by atoms with E-state index in [-0.39, 0.29) is 37.6 Å². The molecule has 1 amide bonds. The van der Waals surface area contributed by atoms with Gasteiger partial charge in [0.2, 0.25) is 0 Å². The molecule has 13 heteroatoms. The predicted octanol–water partition coefficient (Wildman–Crippen LogP) is 8.83. The van der Waals surface area contributed by atoms with Gasteiger partial charge in [0.15, 0.2) is 6.23 Å². The van der Waals surface area contributed by atoms with Gasteiger partial charge < -0.3 is 33.9 Å². The number of rotatable bonds is 11. The number of nitrogens with zero attached hydrogens (tertiary/aromatic N) is 3. The van der Waals surface area contributed by atoms with E-state index in [1.165, 1.54) is 13.8 Å². The summed E-state index contributed by atoms with van der Waals surface area (Å²) < 4.78 is 20.4. The van der Waals surface area contributed by atoms with E-state index in [1.54, 1.807) is 87.0 Å². The Kier molecular flexibility index (Phi) is 19.5. The van der Waals surface area contributed by atoms with Crippen LogP contribution < -0.4 is 19.5 Å². The Morgan fingerprint density at radius 3 is 1.32 bits per heavy atom. The Balaban J connectivity index is 0.000000240. The molecule has 0 radical (unpaired) electrons. The van der Waals surface area contributed by atoms with E-state index in [2.05, 4.69) is 45.0 Å². The van der Waals surface area contributed by atoms with E-state index >= 15 is 0 Å². The van der Waals surface area contributed by atoms with Gasteiger partial charge in [-0.25, -0.2) is 9.59 Å². The number of amides is 1. The summed E-state index contributed by atoms with van der Waals surface area (Å²) in [5.41, 5.74) is 4.90. The van der Waals surface area contributed by atoms with Gasteiger partial charge in [-0.2, -0.15) is 0 Å². The van der Waals surface area contributed by atoms with E-state index in [0.717, 1.165) is 22.5 Å². The predicted molar refractivity (Wildman–Crippen MR) is 217 cm³/mol. The van der Waals surface area contributed by atoms with Crippen molar-refractivity contribution in [2.45, 2.75) is 46.8 Å². The van der Waals surface area contributed by atoms with Gasteiger partial charge in [-0.1, -0.05) is 56.8 Å². The summed E-state index contributed by atoms with van der Waals surface area (Å²) in [5.74, 6) is 0.290. The summed E-state index contributed by atoms with van der Waals surface area (Å²) in [4.78, 5) is 58.2. The van der Waals surface area contributed by atoms with E-state index in [4.69, 9.17) is 18.9 Å². The average Bonchev–Trinajstić information content (AvgIpc) is 3.25. The van der Waals surface area contributed by atoms with E-state index in [1.807, 2.05) is 54.6 Å². The van der Waals surface area contributed by atoms with Gasteiger partial charge in [0, 0.05) is 37.0 Å². The van der Waals surface area contributed by atoms with Crippen LogP contribution in [0.25, 0.3) is 33.8 Å². The summed E-state index contributed by atoms with van der Waals surface area (Å²) in [5, 5.41) is 2.40. The molecular formula is C46H41IrN4O8. The Morgan fingerprint density at radius 2 is 1.00 bits per heavy atom. The van der Waals surface area contributed by atoms with Crippen LogP contribution >= 0.6 is 0 Å². The summed E-state index contributed by atoms with van der Waals surface area (Å²) in [7, 11) is 0. The molecule has 0 bridgehead atoms. The minimum Gasteiger partial charge on any atom is -0.447 e. The zero-order chi connectivity index (χ0) is 41.7. The fourth-order valence-electron chi connectivity index (χ4n) is 4.54. The molecule has 0 aliphatic carbocycles. The van der Waals surface area contributed by atoms with E-state index < -0.39 is 18.3 Å². The Bertz CT molecular complexity index is 2180. The number of aromatic nitrogens is 3. The third kappa shape index (κ3) is 16.3. The molecule has 6 rings (SSSR count). The van der Waals surface area contributed by atoms with Crippen molar-refractivity contribution >= 4 is 24.0 Å². The third-order valence-corrected chi connectivity index (χ3v) is 7.35. The first-order valence-electron chi connectivity index (χ1n) is 18.1. The molecule has 6 aromatic rings. The molecule has 3 aromatic carbocycles. The zero-order valence-electron chi connectivity index (χ0n) is 32.8. The monoisotopic (exact) mass is 970 g/mol. The van der Waals surface area contributed by atoms with Gasteiger partial charge >= 0.3 is 44.1 Å². The quantitative estimate of drug-likeness (QED) is 0.0435. The second-order valence-electron chi connectivity index (χ2n) is 12.0. The van der Waals surface area contributed by atoms with Crippen LogP contribution in [-0.4, -0.2) is 45.2 Å². The Morgan fingerprint density at radius 1 is 0.627 bits per heavy atom. The van der Waals surface area contributed by atoms with Crippen molar-refractivity contribution in [2.75, 3.05) is 0 Å². The number of pyridine rings is 3. The van der Waals surface area contributed by atoms with Gasteiger partial charge in [-0.15, -0.1) is 89.5 Å². The number of carbonyl (C=O) groups excluding carboxylic acids is 4. The number of nitrogens with one attached hydrogen (secondary N) is 1. The molecule has 0 spiro atoms. The van der Waals surface area contributed by atoms with Crippen molar-refractivity contribution in [3.8, 4) is 51.0 Å². The summed E-state index contributed by atoms with van der Waals surface area (Å²) in [6.45, 7) is 10.0. The number of ether oxygens (including phenoxy) is 4. The first-order chi connectivity index (χ1) is 28.0. The number of esters is 3. The van der Waals surface area contributed by atoms with Crippen molar-refractivity contribution < 1.29 is 58.2 Å². The van der Waals surface area contributed by atoms with Crippen LogP contribution in [-0.2, 0) is 39.2 Å². The molecule has 0 aliphatic heterocycles. The van der Waals surface area contributed by atoms with Crippen molar-refractivity contribution in [1.29, 1.82) is 0 Å². The van der Waals surface area contributed by atoms with Crippen molar-refractivity contribution in [1.82, 2.24) is 20.3 Å². The first kappa shape index (κ1) is 46.6. The van der Waals surface area contributed by atoms with Gasteiger partial charge in [-0.05, 0) is 49.1 Å². The first-order valence-corrected chi connectivity index (χ1v) is 18.1. The molecule has 0 aliphatic rings. The maximum Gasteiger partial charge on any atom is 3.00 e. The van der Waals surface area contributed by atoms with Crippen molar-refractivity contribution in [3.05, 3.63) is 158 Å². The summed E-state index contributed by atoms with van der Waals surface area (Å²) in [6, 6.07) is 41.2. The minimum absolute atomic E-state index is 0. The van der Waals surface area contributed by atoms with Crippen LogP contribution in [0.1, 0.15) is 40.5 Å². The molecule has 1 N–H and O–H groups in total. The molecule has 0 fully saturated rings. The van der Waals surface area contributed by atoms with Crippen LogP contribution in [0, 0.1) is 18.2 Å². The molecule has 12 nitrogen and oxygen atoms in total. The smallest absolute Gasteiger partial charge is 0.447 e. The molecule has 0 saturated carbocycles. The van der Waals surface area contributed by atoms with Crippen LogP contribution in [0.3, 0.4) is 0 Å². The summed E-state index contributed by atoms with van der Waals surface area (Å²) >= 11 is 0. The van der Waals surface area contributed by atoms with Crippen molar-refractivity contribution in [2.24, 2.45) is 0 Å². The van der Waals surface area contributed by atoms with Crippen LogP contribution in [0.5, 0.6) is 17.2 Å². The molecule has 0 saturated heterocycles. The number of carbonyl (C=O) groups is 4. The maximum atomic E-state index is 11.8. The number of hydrogen-bond donors (Lipinski definition) is 1. The van der Waals surface area contributed by atoms with Crippen LogP contribution in [0.15, 0.2) is 140 Å². The summed E-state index contributed by atoms with van der Waals surface area (Å²) in [6.07, 6.45) is 4.24.